The van der Waals surface area contributed by atoms with Gasteiger partial charge in [0.1, 0.15) is 5.60 Å². The minimum atomic E-state index is -0.781. The van der Waals surface area contributed by atoms with E-state index in [1.165, 1.54) is 0 Å². The fourth-order valence-corrected chi connectivity index (χ4v) is 2.86. The lowest BCUT2D eigenvalue weighted by atomic mass is 9.90. The topological polar surface area (TPSA) is 32.6 Å². The monoisotopic (exact) mass is 265 g/mol. The van der Waals surface area contributed by atoms with Crippen LogP contribution in [0.4, 0.5) is 5.69 Å². The maximum absolute atomic E-state index is 10.9. The van der Waals surface area contributed by atoms with E-state index in [9.17, 15) is 5.11 Å². The molecule has 1 saturated carbocycles. The van der Waals surface area contributed by atoms with Crippen molar-refractivity contribution in [2.24, 2.45) is 4.99 Å². The largest absolute Gasteiger partial charge is 0.384 e. The fraction of sp³-hybridized carbons (Fsp3) is 0.278. The Hall–Kier alpha value is -1.93. The SMILES string of the molecule is OC1(C(=Nc2ccccc2)c2ccccc2)CCCC1. The summed E-state index contributed by atoms with van der Waals surface area (Å²) >= 11 is 0. The zero-order chi connectivity index (χ0) is 13.8. The quantitative estimate of drug-likeness (QED) is 0.832. The summed E-state index contributed by atoms with van der Waals surface area (Å²) in [5.41, 5.74) is 1.94. The van der Waals surface area contributed by atoms with Crippen molar-refractivity contribution in [1.82, 2.24) is 0 Å². The Bertz CT molecular complexity index is 583. The van der Waals surface area contributed by atoms with E-state index in [1.807, 2.05) is 60.7 Å². The van der Waals surface area contributed by atoms with E-state index in [2.05, 4.69) is 0 Å². The number of rotatable bonds is 3. The molecule has 102 valence electrons. The van der Waals surface area contributed by atoms with Crippen LogP contribution in [-0.4, -0.2) is 16.4 Å². The van der Waals surface area contributed by atoms with Crippen LogP contribution in [0.2, 0.25) is 0 Å². The van der Waals surface area contributed by atoms with Gasteiger partial charge in [-0.15, -0.1) is 0 Å². The smallest absolute Gasteiger partial charge is 0.107 e. The van der Waals surface area contributed by atoms with Gasteiger partial charge in [-0.2, -0.15) is 0 Å². The number of hydrogen-bond acceptors (Lipinski definition) is 2. The van der Waals surface area contributed by atoms with Crippen LogP contribution >= 0.6 is 0 Å². The lowest BCUT2D eigenvalue weighted by Gasteiger charge is -2.25. The molecular formula is C18H19NO. The summed E-state index contributed by atoms with van der Waals surface area (Å²) in [7, 11) is 0. The normalized spacial score (nSPS) is 18.1. The summed E-state index contributed by atoms with van der Waals surface area (Å²) in [4.78, 5) is 4.75. The molecule has 0 aliphatic heterocycles. The highest BCUT2D eigenvalue weighted by atomic mass is 16.3. The average molecular weight is 265 g/mol. The summed E-state index contributed by atoms with van der Waals surface area (Å²) in [6.45, 7) is 0. The highest BCUT2D eigenvalue weighted by Crippen LogP contribution is 2.34. The molecule has 0 bridgehead atoms. The van der Waals surface area contributed by atoms with Crippen LogP contribution in [-0.2, 0) is 0 Å². The number of para-hydroxylation sites is 1. The van der Waals surface area contributed by atoms with Crippen molar-refractivity contribution in [3.63, 3.8) is 0 Å². The number of benzene rings is 2. The summed E-state index contributed by atoms with van der Waals surface area (Å²) in [6, 6.07) is 19.9. The second-order valence-corrected chi connectivity index (χ2v) is 5.40. The summed E-state index contributed by atoms with van der Waals surface area (Å²) in [5.74, 6) is 0. The molecule has 1 N–H and O–H groups in total. The van der Waals surface area contributed by atoms with E-state index in [1.54, 1.807) is 0 Å². The molecule has 0 spiro atoms. The van der Waals surface area contributed by atoms with Crippen LogP contribution < -0.4 is 0 Å². The second kappa shape index (κ2) is 5.59. The van der Waals surface area contributed by atoms with E-state index in [0.29, 0.717) is 0 Å². The van der Waals surface area contributed by atoms with Crippen molar-refractivity contribution < 1.29 is 5.11 Å². The minimum absolute atomic E-state index is 0.781. The van der Waals surface area contributed by atoms with Gasteiger partial charge in [0.2, 0.25) is 0 Å². The van der Waals surface area contributed by atoms with Gasteiger partial charge in [-0.1, -0.05) is 61.4 Å². The molecule has 0 amide bonds. The first-order chi connectivity index (χ1) is 9.78. The van der Waals surface area contributed by atoms with Crippen LogP contribution in [0.25, 0.3) is 0 Å². The van der Waals surface area contributed by atoms with Gasteiger partial charge >= 0.3 is 0 Å². The number of hydrogen-bond donors (Lipinski definition) is 1. The van der Waals surface area contributed by atoms with Crippen molar-refractivity contribution in [3.8, 4) is 0 Å². The van der Waals surface area contributed by atoms with Crippen LogP contribution in [0.5, 0.6) is 0 Å². The fourth-order valence-electron chi connectivity index (χ4n) is 2.86. The van der Waals surface area contributed by atoms with Gasteiger partial charge in [-0.05, 0) is 30.5 Å². The van der Waals surface area contributed by atoms with Gasteiger partial charge in [0.15, 0.2) is 0 Å². The molecule has 0 unspecified atom stereocenters. The highest BCUT2D eigenvalue weighted by Gasteiger charge is 2.37. The Labute approximate surface area is 119 Å². The minimum Gasteiger partial charge on any atom is -0.384 e. The van der Waals surface area contributed by atoms with Gasteiger partial charge in [0.25, 0.3) is 0 Å². The molecule has 0 aromatic heterocycles. The van der Waals surface area contributed by atoms with E-state index < -0.39 is 5.60 Å². The molecule has 3 rings (SSSR count). The van der Waals surface area contributed by atoms with Crippen molar-refractivity contribution in [2.45, 2.75) is 31.3 Å². The predicted molar refractivity (Wildman–Crippen MR) is 82.5 cm³/mol. The van der Waals surface area contributed by atoms with Gasteiger partial charge < -0.3 is 5.11 Å². The Kier molecular flexibility index (Phi) is 3.66. The highest BCUT2D eigenvalue weighted by molar-refractivity contribution is 6.07. The van der Waals surface area contributed by atoms with Gasteiger partial charge in [0, 0.05) is 0 Å². The Morgan fingerprint density at radius 1 is 0.850 bits per heavy atom. The number of aliphatic imine (C=N–C) groups is 1. The third kappa shape index (κ3) is 2.66. The Balaban J connectivity index is 2.07. The van der Waals surface area contributed by atoms with E-state index in [4.69, 9.17) is 4.99 Å². The molecule has 0 heterocycles. The molecule has 0 atom stereocenters. The average Bonchev–Trinajstić information content (AvgIpc) is 2.94. The molecule has 0 saturated heterocycles. The number of nitrogens with zero attached hydrogens (tertiary/aromatic N) is 1. The zero-order valence-corrected chi connectivity index (χ0v) is 11.5. The van der Waals surface area contributed by atoms with Crippen molar-refractivity contribution in [3.05, 3.63) is 66.2 Å². The molecule has 2 heteroatoms. The molecule has 2 aromatic rings. The predicted octanol–water partition coefficient (Wildman–Crippen LogP) is 4.11. The summed E-state index contributed by atoms with van der Waals surface area (Å²) in [5, 5.41) is 10.9. The summed E-state index contributed by atoms with van der Waals surface area (Å²) < 4.78 is 0. The van der Waals surface area contributed by atoms with Gasteiger partial charge in [-0.25, -0.2) is 4.99 Å². The number of aliphatic hydroxyl groups is 1. The first-order valence-corrected chi connectivity index (χ1v) is 7.20. The lowest BCUT2D eigenvalue weighted by Crippen LogP contribution is -2.36. The molecule has 2 aromatic carbocycles. The Morgan fingerprint density at radius 3 is 2.00 bits per heavy atom. The van der Waals surface area contributed by atoms with Crippen molar-refractivity contribution in [2.75, 3.05) is 0 Å². The van der Waals surface area contributed by atoms with Crippen LogP contribution in [0.3, 0.4) is 0 Å². The molecule has 1 aliphatic rings. The third-order valence-corrected chi connectivity index (χ3v) is 3.92. The van der Waals surface area contributed by atoms with E-state index >= 15 is 0 Å². The van der Waals surface area contributed by atoms with Crippen LogP contribution in [0.1, 0.15) is 31.2 Å². The van der Waals surface area contributed by atoms with Gasteiger partial charge in [0.05, 0.1) is 11.4 Å². The van der Waals surface area contributed by atoms with Crippen LogP contribution in [0, 0.1) is 0 Å². The maximum atomic E-state index is 10.9. The maximum Gasteiger partial charge on any atom is 0.107 e. The van der Waals surface area contributed by atoms with E-state index in [-0.39, 0.29) is 0 Å². The molecule has 1 fully saturated rings. The first kappa shape index (κ1) is 13.1. The molecule has 1 aliphatic carbocycles. The molecule has 0 radical (unpaired) electrons. The zero-order valence-electron chi connectivity index (χ0n) is 11.5. The summed E-state index contributed by atoms with van der Waals surface area (Å²) in [6.07, 6.45) is 3.73. The molecule has 2 nitrogen and oxygen atoms in total. The Morgan fingerprint density at radius 2 is 1.40 bits per heavy atom. The van der Waals surface area contributed by atoms with Crippen molar-refractivity contribution in [1.29, 1.82) is 0 Å². The van der Waals surface area contributed by atoms with E-state index in [0.717, 1.165) is 42.6 Å². The first-order valence-electron chi connectivity index (χ1n) is 7.20. The molecular weight excluding hydrogens is 246 g/mol. The van der Waals surface area contributed by atoms with Gasteiger partial charge in [-0.3, -0.25) is 0 Å². The molecule has 20 heavy (non-hydrogen) atoms. The lowest BCUT2D eigenvalue weighted by molar-refractivity contribution is 0.121. The van der Waals surface area contributed by atoms with Crippen LogP contribution in [0.15, 0.2) is 65.7 Å². The van der Waals surface area contributed by atoms with Crippen molar-refractivity contribution >= 4 is 11.4 Å². The third-order valence-electron chi connectivity index (χ3n) is 3.92. The standard InChI is InChI=1S/C18H19NO/c20-18(13-7-8-14-18)17(15-9-3-1-4-10-15)19-16-11-5-2-6-12-16/h1-6,9-12,20H,7-8,13-14H2. The second-order valence-electron chi connectivity index (χ2n) is 5.40.